The quantitative estimate of drug-likeness (QED) is 0.750. The molecule has 0 saturated heterocycles. The summed E-state index contributed by atoms with van der Waals surface area (Å²) in [5.41, 5.74) is 5.35. The number of alkyl halides is 3. The maximum atomic E-state index is 12.5. The van der Waals surface area contributed by atoms with E-state index in [4.69, 9.17) is 11.6 Å². The number of hydrogen-bond donors (Lipinski definition) is 2. The highest BCUT2D eigenvalue weighted by Gasteiger charge is 2.30. The maximum Gasteiger partial charge on any atom is 0.416 e. The van der Waals surface area contributed by atoms with Crippen molar-refractivity contribution in [2.75, 3.05) is 11.6 Å². The lowest BCUT2D eigenvalue weighted by atomic mass is 10.1. The summed E-state index contributed by atoms with van der Waals surface area (Å²) in [4.78, 5) is 3.85. The largest absolute Gasteiger partial charge is 0.416 e. The number of hydrogen-bond acceptors (Lipinski definition) is 3. The average molecular weight is 242 g/mol. The molecule has 4 nitrogen and oxygen atoms in total. The number of nitrogen functional groups attached to an aromatic ring is 2. The van der Waals surface area contributed by atoms with Crippen LogP contribution in [0.15, 0.2) is 30.6 Å². The Morgan fingerprint density at radius 2 is 1.94 bits per heavy atom. The molecule has 0 unspecified atom stereocenters. The minimum Gasteiger partial charge on any atom is -0.382 e. The van der Waals surface area contributed by atoms with Crippen LogP contribution in [0.3, 0.4) is 0 Å². The summed E-state index contributed by atoms with van der Waals surface area (Å²) in [6.07, 6.45) is -3.15. The van der Waals surface area contributed by atoms with E-state index >= 15 is 0 Å². The smallest absolute Gasteiger partial charge is 0.382 e. The van der Waals surface area contributed by atoms with Crippen LogP contribution in [0.4, 0.5) is 19.0 Å². The topological polar surface area (TPSA) is 69.9 Å². The van der Waals surface area contributed by atoms with Gasteiger partial charge in [-0.25, -0.2) is 9.66 Å². The summed E-state index contributed by atoms with van der Waals surface area (Å²) >= 11 is 0. The van der Waals surface area contributed by atoms with Crippen LogP contribution in [0, 0.1) is 0 Å². The van der Waals surface area contributed by atoms with Gasteiger partial charge in [0.2, 0.25) is 0 Å². The van der Waals surface area contributed by atoms with Crippen molar-refractivity contribution < 1.29 is 13.2 Å². The van der Waals surface area contributed by atoms with Crippen LogP contribution in [0.5, 0.6) is 0 Å². The van der Waals surface area contributed by atoms with Gasteiger partial charge in [-0.2, -0.15) is 13.2 Å². The van der Waals surface area contributed by atoms with Crippen LogP contribution in [0.1, 0.15) is 5.56 Å². The van der Waals surface area contributed by atoms with Crippen molar-refractivity contribution in [3.8, 4) is 11.3 Å². The van der Waals surface area contributed by atoms with Crippen LogP contribution in [0.25, 0.3) is 11.3 Å². The number of aromatic nitrogens is 2. The average Bonchev–Trinajstić information content (AvgIpc) is 2.59. The van der Waals surface area contributed by atoms with Gasteiger partial charge in [0.05, 0.1) is 5.56 Å². The van der Waals surface area contributed by atoms with Crippen LogP contribution in [-0.4, -0.2) is 9.66 Å². The molecule has 4 N–H and O–H groups in total. The molecular formula is C10H9F3N4. The van der Waals surface area contributed by atoms with Gasteiger partial charge >= 0.3 is 6.18 Å². The fourth-order valence-corrected chi connectivity index (χ4v) is 1.44. The summed E-state index contributed by atoms with van der Waals surface area (Å²) in [5, 5.41) is 0. The molecule has 17 heavy (non-hydrogen) atoms. The summed E-state index contributed by atoms with van der Waals surface area (Å²) in [6.45, 7) is 0. The SMILES string of the molecule is Nc1c(-c2cccc(C(F)(F)F)c2)ncn1N. The van der Waals surface area contributed by atoms with Gasteiger partial charge in [-0.15, -0.1) is 0 Å². The van der Waals surface area contributed by atoms with Gasteiger partial charge in [0.15, 0.2) is 0 Å². The predicted octanol–water partition coefficient (Wildman–Crippen LogP) is 1.86. The third-order valence-electron chi connectivity index (χ3n) is 2.30. The molecule has 0 bridgehead atoms. The highest BCUT2D eigenvalue weighted by Crippen LogP contribution is 2.32. The molecule has 0 saturated carbocycles. The van der Waals surface area contributed by atoms with E-state index in [1.165, 1.54) is 18.5 Å². The van der Waals surface area contributed by atoms with E-state index in [2.05, 4.69) is 4.98 Å². The lowest BCUT2D eigenvalue weighted by Gasteiger charge is -2.08. The van der Waals surface area contributed by atoms with Gasteiger partial charge in [0.1, 0.15) is 17.8 Å². The fourth-order valence-electron chi connectivity index (χ4n) is 1.44. The molecule has 2 rings (SSSR count). The molecule has 0 aliphatic rings. The number of nitrogens with two attached hydrogens (primary N) is 2. The summed E-state index contributed by atoms with van der Waals surface area (Å²) in [7, 11) is 0. The van der Waals surface area contributed by atoms with Crippen molar-refractivity contribution in [1.82, 2.24) is 9.66 Å². The standard InChI is InChI=1S/C10H9F3N4/c11-10(12,13)7-3-1-2-6(4-7)8-9(14)17(15)5-16-8/h1-5H,14-15H2. The Morgan fingerprint density at radius 3 is 2.47 bits per heavy atom. The van der Waals surface area contributed by atoms with Crippen molar-refractivity contribution in [2.24, 2.45) is 0 Å². The second-order valence-electron chi connectivity index (χ2n) is 3.46. The van der Waals surface area contributed by atoms with Crippen LogP contribution in [0.2, 0.25) is 0 Å². The Labute approximate surface area is 94.6 Å². The van der Waals surface area contributed by atoms with Crippen molar-refractivity contribution >= 4 is 5.82 Å². The number of halogens is 3. The molecule has 2 aromatic rings. The Kier molecular flexibility index (Phi) is 2.45. The lowest BCUT2D eigenvalue weighted by molar-refractivity contribution is -0.137. The fraction of sp³-hybridized carbons (Fsp3) is 0.100. The van der Waals surface area contributed by atoms with Gasteiger partial charge in [-0.1, -0.05) is 12.1 Å². The van der Waals surface area contributed by atoms with Crippen molar-refractivity contribution in [3.63, 3.8) is 0 Å². The summed E-state index contributed by atoms with van der Waals surface area (Å²) in [6, 6.07) is 4.76. The number of anilines is 1. The third-order valence-corrected chi connectivity index (χ3v) is 2.30. The first kappa shape index (κ1) is 11.3. The highest BCUT2D eigenvalue weighted by atomic mass is 19.4. The Bertz CT molecular complexity index is 545. The summed E-state index contributed by atoms with van der Waals surface area (Å²) in [5.74, 6) is 5.52. The van der Waals surface area contributed by atoms with Gasteiger partial charge in [0.25, 0.3) is 0 Å². The second-order valence-corrected chi connectivity index (χ2v) is 3.46. The van der Waals surface area contributed by atoms with Crippen LogP contribution < -0.4 is 11.6 Å². The van der Waals surface area contributed by atoms with E-state index in [-0.39, 0.29) is 17.1 Å². The Balaban J connectivity index is 2.51. The lowest BCUT2D eigenvalue weighted by Crippen LogP contribution is -2.10. The van der Waals surface area contributed by atoms with Crippen molar-refractivity contribution in [3.05, 3.63) is 36.2 Å². The van der Waals surface area contributed by atoms with Gasteiger partial charge in [-0.3, -0.25) is 0 Å². The molecule has 1 heterocycles. The minimum absolute atomic E-state index is 0.115. The van der Waals surface area contributed by atoms with Crippen molar-refractivity contribution in [1.29, 1.82) is 0 Å². The van der Waals surface area contributed by atoms with Gasteiger partial charge < -0.3 is 11.6 Å². The van der Waals surface area contributed by atoms with E-state index in [1.54, 1.807) is 0 Å². The number of imidazole rings is 1. The zero-order chi connectivity index (χ0) is 12.6. The molecule has 0 radical (unpaired) electrons. The molecule has 1 aromatic heterocycles. The molecule has 90 valence electrons. The van der Waals surface area contributed by atoms with E-state index < -0.39 is 11.7 Å². The number of nitrogens with zero attached hydrogens (tertiary/aromatic N) is 2. The molecule has 0 aliphatic heterocycles. The monoisotopic (exact) mass is 242 g/mol. The molecular weight excluding hydrogens is 233 g/mol. The third kappa shape index (κ3) is 2.03. The molecule has 7 heteroatoms. The molecule has 0 aliphatic carbocycles. The molecule has 0 spiro atoms. The number of rotatable bonds is 1. The van der Waals surface area contributed by atoms with E-state index in [1.807, 2.05) is 0 Å². The zero-order valence-electron chi connectivity index (χ0n) is 8.57. The van der Waals surface area contributed by atoms with Crippen LogP contribution in [-0.2, 0) is 6.18 Å². The highest BCUT2D eigenvalue weighted by molar-refractivity contribution is 5.70. The second kappa shape index (κ2) is 3.69. The van der Waals surface area contributed by atoms with Crippen molar-refractivity contribution in [2.45, 2.75) is 6.18 Å². The van der Waals surface area contributed by atoms with Crippen LogP contribution >= 0.6 is 0 Å². The maximum absolute atomic E-state index is 12.5. The normalized spacial score (nSPS) is 11.7. The molecule has 0 fully saturated rings. The number of benzene rings is 1. The van der Waals surface area contributed by atoms with Gasteiger partial charge in [-0.05, 0) is 12.1 Å². The Hall–Kier alpha value is -2.18. The van der Waals surface area contributed by atoms with Gasteiger partial charge in [0, 0.05) is 5.56 Å². The van der Waals surface area contributed by atoms with E-state index in [0.29, 0.717) is 0 Å². The zero-order valence-corrected chi connectivity index (χ0v) is 8.57. The van der Waals surface area contributed by atoms with E-state index in [0.717, 1.165) is 16.8 Å². The summed E-state index contributed by atoms with van der Waals surface area (Å²) < 4.78 is 38.6. The Morgan fingerprint density at radius 1 is 1.24 bits per heavy atom. The van der Waals surface area contributed by atoms with E-state index in [9.17, 15) is 13.2 Å². The first-order chi connectivity index (χ1) is 7.89. The minimum atomic E-state index is -4.39. The first-order valence-corrected chi connectivity index (χ1v) is 4.65. The molecule has 0 atom stereocenters. The molecule has 0 amide bonds. The first-order valence-electron chi connectivity index (χ1n) is 4.65. The predicted molar refractivity (Wildman–Crippen MR) is 57.2 cm³/mol. The molecule has 1 aromatic carbocycles.